The SMILES string of the molecule is O=C(O)C(F)(F)F.O=S(c1ccccc1)c1ccc(S(=O)(=O)Nc2ccc3nc(Cc4ccc(Oc5ccccc5)cc4)[nH]c3c2)s1. The molecule has 1 unspecified atom stereocenters. The number of fused-ring (bicyclic) bond motifs is 1. The van der Waals surface area contributed by atoms with E-state index in [4.69, 9.17) is 14.6 Å². The Balaban J connectivity index is 0.000000559. The minimum Gasteiger partial charge on any atom is -0.475 e. The van der Waals surface area contributed by atoms with E-state index in [9.17, 15) is 25.8 Å². The molecule has 2 aromatic heterocycles. The first-order valence-corrected chi connectivity index (χ1v) is 17.0. The van der Waals surface area contributed by atoms with Gasteiger partial charge in [0.05, 0.1) is 31.7 Å². The second-order valence-corrected chi connectivity index (χ2v) is 14.4. The molecule has 15 heteroatoms. The van der Waals surface area contributed by atoms with Crippen LogP contribution in [0.1, 0.15) is 11.4 Å². The largest absolute Gasteiger partial charge is 0.490 e. The maximum atomic E-state index is 13.1. The third kappa shape index (κ3) is 8.84. The Morgan fingerprint density at radius 3 is 2.15 bits per heavy atom. The third-order valence-corrected chi connectivity index (χ3v) is 10.9. The van der Waals surface area contributed by atoms with Gasteiger partial charge in [-0.25, -0.2) is 22.4 Å². The summed E-state index contributed by atoms with van der Waals surface area (Å²) < 4.78 is 79.7. The van der Waals surface area contributed by atoms with Gasteiger partial charge in [0.15, 0.2) is 0 Å². The molecule has 1 atom stereocenters. The summed E-state index contributed by atoms with van der Waals surface area (Å²) >= 11 is 0.993. The van der Waals surface area contributed by atoms with Gasteiger partial charge in [-0.1, -0.05) is 48.5 Å². The van der Waals surface area contributed by atoms with Crippen molar-refractivity contribution in [2.24, 2.45) is 0 Å². The molecule has 6 aromatic rings. The number of ether oxygens (including phenoxy) is 1. The first kappa shape index (κ1) is 33.4. The lowest BCUT2D eigenvalue weighted by Crippen LogP contribution is -2.21. The van der Waals surface area contributed by atoms with Gasteiger partial charge < -0.3 is 14.8 Å². The smallest absolute Gasteiger partial charge is 0.475 e. The number of sulfonamides is 1. The number of para-hydroxylation sites is 1. The number of rotatable bonds is 9. The molecule has 242 valence electrons. The number of carbonyl (C=O) groups is 1. The minimum atomic E-state index is -5.08. The van der Waals surface area contributed by atoms with Crippen LogP contribution in [0.5, 0.6) is 11.5 Å². The number of carboxylic acids is 1. The van der Waals surface area contributed by atoms with Crippen molar-refractivity contribution >= 4 is 54.8 Å². The molecule has 0 spiro atoms. The summed E-state index contributed by atoms with van der Waals surface area (Å²) in [6, 6.07) is 34.6. The van der Waals surface area contributed by atoms with Gasteiger partial charge in [-0.05, 0) is 72.3 Å². The number of imidazole rings is 1. The maximum absolute atomic E-state index is 13.1. The Bertz CT molecular complexity index is 2120. The zero-order chi connectivity index (χ0) is 33.6. The van der Waals surface area contributed by atoms with Gasteiger partial charge in [-0.2, -0.15) is 13.2 Å². The minimum absolute atomic E-state index is 0.0943. The van der Waals surface area contributed by atoms with E-state index >= 15 is 0 Å². The molecule has 3 N–H and O–H groups in total. The topological polar surface area (TPSA) is 138 Å². The number of halogens is 3. The predicted molar refractivity (Wildman–Crippen MR) is 172 cm³/mol. The lowest BCUT2D eigenvalue weighted by Gasteiger charge is -2.06. The zero-order valence-electron chi connectivity index (χ0n) is 24.0. The summed E-state index contributed by atoms with van der Waals surface area (Å²) in [4.78, 5) is 17.5. The Morgan fingerprint density at radius 1 is 0.894 bits per heavy atom. The van der Waals surface area contributed by atoms with E-state index in [0.29, 0.717) is 21.2 Å². The van der Waals surface area contributed by atoms with Crippen molar-refractivity contribution in [3.05, 3.63) is 127 Å². The lowest BCUT2D eigenvalue weighted by atomic mass is 10.1. The van der Waals surface area contributed by atoms with Crippen LogP contribution < -0.4 is 9.46 Å². The van der Waals surface area contributed by atoms with Gasteiger partial charge in [0.2, 0.25) is 0 Å². The highest BCUT2D eigenvalue weighted by molar-refractivity contribution is 7.95. The highest BCUT2D eigenvalue weighted by atomic mass is 32.3. The average Bonchev–Trinajstić information content (AvgIpc) is 3.70. The molecular formula is C32H24F3N3O6S3. The number of benzene rings is 4. The molecule has 0 aliphatic carbocycles. The second-order valence-electron chi connectivity index (χ2n) is 9.71. The van der Waals surface area contributed by atoms with Crippen LogP contribution in [0.3, 0.4) is 0 Å². The van der Waals surface area contributed by atoms with E-state index in [1.807, 2.05) is 60.7 Å². The quantitative estimate of drug-likeness (QED) is 0.141. The third-order valence-electron chi connectivity index (χ3n) is 6.26. The Labute approximate surface area is 273 Å². The van der Waals surface area contributed by atoms with Crippen molar-refractivity contribution in [2.75, 3.05) is 4.72 Å². The first-order valence-electron chi connectivity index (χ1n) is 13.6. The van der Waals surface area contributed by atoms with Gasteiger partial charge in [0, 0.05) is 11.3 Å². The normalized spacial score (nSPS) is 12.1. The fourth-order valence-electron chi connectivity index (χ4n) is 4.12. The van der Waals surface area contributed by atoms with Gasteiger partial charge >= 0.3 is 12.1 Å². The molecular weight excluding hydrogens is 676 g/mol. The van der Waals surface area contributed by atoms with E-state index < -0.39 is 33.0 Å². The van der Waals surface area contributed by atoms with Crippen LogP contribution in [0.25, 0.3) is 11.0 Å². The van der Waals surface area contributed by atoms with E-state index in [1.165, 1.54) is 6.07 Å². The number of thiophene rings is 1. The highest BCUT2D eigenvalue weighted by Gasteiger charge is 2.38. The second kappa shape index (κ2) is 14.2. The number of nitrogens with one attached hydrogen (secondary N) is 2. The molecule has 0 aliphatic heterocycles. The number of anilines is 1. The number of aromatic amines is 1. The van der Waals surface area contributed by atoms with Gasteiger partial charge in [0.1, 0.15) is 21.5 Å². The molecule has 0 saturated heterocycles. The first-order chi connectivity index (χ1) is 22.4. The molecule has 0 fully saturated rings. The molecule has 6 rings (SSSR count). The Morgan fingerprint density at radius 2 is 1.51 bits per heavy atom. The van der Waals surface area contributed by atoms with Crippen LogP contribution in [0.15, 0.2) is 129 Å². The van der Waals surface area contributed by atoms with Crippen LogP contribution >= 0.6 is 11.3 Å². The predicted octanol–water partition coefficient (Wildman–Crippen LogP) is 7.61. The van der Waals surface area contributed by atoms with Crippen LogP contribution in [0.4, 0.5) is 18.9 Å². The van der Waals surface area contributed by atoms with Gasteiger partial charge in [-0.3, -0.25) is 4.72 Å². The number of H-pyrrole nitrogens is 1. The monoisotopic (exact) mass is 699 g/mol. The van der Waals surface area contributed by atoms with E-state index in [0.717, 1.165) is 45.3 Å². The molecule has 9 nitrogen and oxygen atoms in total. The zero-order valence-corrected chi connectivity index (χ0v) is 26.4. The van der Waals surface area contributed by atoms with Crippen LogP contribution in [0, 0.1) is 0 Å². The number of nitrogens with zero attached hydrogens (tertiary/aromatic N) is 1. The number of aromatic nitrogens is 2. The summed E-state index contributed by atoms with van der Waals surface area (Å²) in [7, 11) is -5.30. The fraction of sp³-hybridized carbons (Fsp3) is 0.0625. The lowest BCUT2D eigenvalue weighted by molar-refractivity contribution is -0.192. The van der Waals surface area contributed by atoms with E-state index in [-0.39, 0.29) is 4.21 Å². The number of alkyl halides is 3. The molecule has 0 bridgehead atoms. The number of carboxylic acid groups (broad SMARTS) is 1. The summed E-state index contributed by atoms with van der Waals surface area (Å²) in [5.74, 6) is -0.466. The molecule has 0 amide bonds. The van der Waals surface area contributed by atoms with Crippen molar-refractivity contribution in [3.63, 3.8) is 0 Å². The summed E-state index contributed by atoms with van der Waals surface area (Å²) in [6.45, 7) is 0. The Hall–Kier alpha value is -4.99. The number of hydrogen-bond donors (Lipinski definition) is 3. The van der Waals surface area contributed by atoms with Crippen LogP contribution in [-0.4, -0.2) is 39.8 Å². The Kier molecular flexibility index (Phi) is 10.1. The summed E-state index contributed by atoms with van der Waals surface area (Å²) in [6.07, 6.45) is -4.50. The van der Waals surface area contributed by atoms with Gasteiger partial charge in [0.25, 0.3) is 10.0 Å². The highest BCUT2D eigenvalue weighted by Crippen LogP contribution is 2.30. The summed E-state index contributed by atoms with van der Waals surface area (Å²) in [5.41, 5.74) is 2.92. The van der Waals surface area contributed by atoms with E-state index in [2.05, 4.69) is 14.7 Å². The van der Waals surface area contributed by atoms with Crippen molar-refractivity contribution in [1.29, 1.82) is 0 Å². The van der Waals surface area contributed by atoms with Gasteiger partial charge in [-0.15, -0.1) is 11.3 Å². The molecule has 2 heterocycles. The standard InChI is InChI=1S/C30H23N3O4S3.C2HF3O2/c34-39(25-9-5-2-6-10-25)29-17-18-30(38-29)40(35,36)33-22-13-16-26-27(20-22)32-28(31-26)19-21-11-14-24(15-12-21)37-23-7-3-1-4-8-23;3-2(4,5)1(6)7/h1-18,20,33H,19H2,(H,31,32);(H,6,7). The van der Waals surface area contributed by atoms with Crippen LogP contribution in [0.2, 0.25) is 0 Å². The molecule has 0 radical (unpaired) electrons. The summed E-state index contributed by atoms with van der Waals surface area (Å²) in [5, 5.41) is 7.12. The molecule has 4 aromatic carbocycles. The van der Waals surface area contributed by atoms with Crippen molar-refractivity contribution in [3.8, 4) is 11.5 Å². The maximum Gasteiger partial charge on any atom is 0.490 e. The van der Waals surface area contributed by atoms with Crippen molar-refractivity contribution in [1.82, 2.24) is 9.97 Å². The van der Waals surface area contributed by atoms with Crippen molar-refractivity contribution < 1.29 is 40.4 Å². The number of hydrogen-bond acceptors (Lipinski definition) is 7. The molecule has 0 saturated carbocycles. The molecule has 47 heavy (non-hydrogen) atoms. The van der Waals surface area contributed by atoms with Crippen LogP contribution in [-0.2, 0) is 32.0 Å². The number of aliphatic carboxylic acids is 1. The average molecular weight is 700 g/mol. The molecule has 0 aliphatic rings. The fourth-order valence-corrected chi connectivity index (χ4v) is 8.05. The van der Waals surface area contributed by atoms with Crippen molar-refractivity contribution in [2.45, 2.75) is 25.9 Å². The van der Waals surface area contributed by atoms with E-state index in [1.54, 1.807) is 48.5 Å².